The van der Waals surface area contributed by atoms with E-state index in [4.69, 9.17) is 14.6 Å². The zero-order valence-electron chi connectivity index (χ0n) is 13.4. The van der Waals surface area contributed by atoms with Crippen molar-refractivity contribution >= 4 is 11.9 Å². The molecule has 0 bridgehead atoms. The number of amides is 1. The Bertz CT molecular complexity index is 553. The van der Waals surface area contributed by atoms with E-state index in [9.17, 15) is 9.59 Å². The van der Waals surface area contributed by atoms with Gasteiger partial charge in [0.1, 0.15) is 6.54 Å². The molecule has 0 unspecified atom stereocenters. The molecule has 7 nitrogen and oxygen atoms in total. The van der Waals surface area contributed by atoms with Gasteiger partial charge in [-0.15, -0.1) is 0 Å². The Balaban J connectivity index is 1.99. The topological polar surface area (TPSA) is 88.1 Å². The molecule has 0 aromatic heterocycles. The average Bonchev–Trinajstić information content (AvgIpc) is 2.73. The van der Waals surface area contributed by atoms with Gasteiger partial charge in [0, 0.05) is 13.1 Å². The van der Waals surface area contributed by atoms with Crippen molar-refractivity contribution in [3.63, 3.8) is 0 Å². The van der Waals surface area contributed by atoms with Crippen molar-refractivity contribution in [2.75, 3.05) is 40.4 Å². The predicted octanol–water partition coefficient (Wildman–Crippen LogP) is 0.305. The smallest absolute Gasteiger partial charge is 0.322 e. The van der Waals surface area contributed by atoms with E-state index in [2.05, 4.69) is 5.32 Å². The van der Waals surface area contributed by atoms with Crippen LogP contribution in [0.25, 0.3) is 0 Å². The monoisotopic (exact) mass is 322 g/mol. The Morgan fingerprint density at radius 3 is 2.09 bits per heavy atom. The van der Waals surface area contributed by atoms with Crippen molar-refractivity contribution in [2.24, 2.45) is 0 Å². The second kappa shape index (κ2) is 7.82. The van der Waals surface area contributed by atoms with Crippen molar-refractivity contribution in [1.29, 1.82) is 0 Å². The lowest BCUT2D eigenvalue weighted by molar-refractivity contribution is -0.138. The lowest BCUT2D eigenvalue weighted by Crippen LogP contribution is -2.40. The molecule has 1 aliphatic heterocycles. The van der Waals surface area contributed by atoms with E-state index in [1.807, 2.05) is 17.0 Å². The van der Waals surface area contributed by atoms with Crippen molar-refractivity contribution in [2.45, 2.75) is 12.8 Å². The summed E-state index contributed by atoms with van der Waals surface area (Å²) < 4.78 is 10.7. The van der Waals surface area contributed by atoms with Crippen LogP contribution in [0.3, 0.4) is 0 Å². The van der Waals surface area contributed by atoms with Gasteiger partial charge < -0.3 is 19.9 Å². The van der Waals surface area contributed by atoms with Crippen LogP contribution in [0, 0.1) is 0 Å². The minimum Gasteiger partial charge on any atom is -0.493 e. The number of carboxylic acids is 1. The highest BCUT2D eigenvalue weighted by Gasteiger charge is 2.19. The van der Waals surface area contributed by atoms with Crippen LogP contribution in [0.2, 0.25) is 0 Å². The summed E-state index contributed by atoms with van der Waals surface area (Å²) >= 11 is 0. The highest BCUT2D eigenvalue weighted by Crippen LogP contribution is 2.32. The fourth-order valence-electron chi connectivity index (χ4n) is 2.69. The number of nitrogens with zero attached hydrogens (tertiary/aromatic N) is 1. The number of carbonyl (C=O) groups is 2. The summed E-state index contributed by atoms with van der Waals surface area (Å²) in [6, 6.07) is 3.98. The average molecular weight is 322 g/mol. The molecule has 1 aromatic carbocycles. The fraction of sp³-hybridized carbons (Fsp3) is 0.500. The summed E-state index contributed by atoms with van der Waals surface area (Å²) in [5, 5.41) is 11.0. The van der Waals surface area contributed by atoms with Crippen molar-refractivity contribution < 1.29 is 24.2 Å². The van der Waals surface area contributed by atoms with E-state index in [1.54, 1.807) is 14.2 Å². The van der Waals surface area contributed by atoms with E-state index in [0.717, 1.165) is 25.9 Å². The minimum atomic E-state index is -1.04. The molecule has 0 radical (unpaired) electrons. The molecular weight excluding hydrogens is 300 g/mol. The number of benzene rings is 1. The Kier molecular flexibility index (Phi) is 5.81. The van der Waals surface area contributed by atoms with E-state index >= 15 is 0 Å². The standard InChI is InChI=1S/C16H22N2O5/c1-22-13-7-11-3-5-18(10-15(19)17-9-16(20)21)6-4-12(11)8-14(13)23-2/h7-8H,3-6,9-10H2,1-2H3,(H,17,19)(H,20,21). The van der Waals surface area contributed by atoms with Gasteiger partial charge in [0.25, 0.3) is 0 Å². The number of ether oxygens (including phenoxy) is 2. The predicted molar refractivity (Wildman–Crippen MR) is 84.0 cm³/mol. The maximum atomic E-state index is 11.7. The molecule has 1 heterocycles. The van der Waals surface area contributed by atoms with E-state index in [-0.39, 0.29) is 19.0 Å². The maximum Gasteiger partial charge on any atom is 0.322 e. The lowest BCUT2D eigenvalue weighted by Gasteiger charge is -2.18. The number of aliphatic carboxylic acids is 1. The third kappa shape index (κ3) is 4.59. The highest BCUT2D eigenvalue weighted by atomic mass is 16.5. The van der Waals surface area contributed by atoms with Crippen molar-refractivity contribution in [3.05, 3.63) is 23.3 Å². The normalized spacial score (nSPS) is 14.5. The number of carboxylic acid groups (broad SMARTS) is 1. The zero-order chi connectivity index (χ0) is 16.8. The maximum absolute atomic E-state index is 11.7. The van der Waals surface area contributed by atoms with Crippen LogP contribution in [-0.4, -0.2) is 62.3 Å². The molecule has 126 valence electrons. The number of nitrogens with one attached hydrogen (secondary N) is 1. The first kappa shape index (κ1) is 17.1. The molecule has 0 aliphatic carbocycles. The number of methoxy groups -OCH3 is 2. The van der Waals surface area contributed by atoms with Gasteiger partial charge in [-0.2, -0.15) is 0 Å². The van der Waals surface area contributed by atoms with E-state index in [1.165, 1.54) is 11.1 Å². The summed E-state index contributed by atoms with van der Waals surface area (Å²) in [4.78, 5) is 24.2. The molecule has 1 aromatic rings. The van der Waals surface area contributed by atoms with E-state index < -0.39 is 5.97 Å². The number of hydrogen-bond donors (Lipinski definition) is 2. The van der Waals surface area contributed by atoms with Crippen LogP contribution in [0.1, 0.15) is 11.1 Å². The fourth-order valence-corrected chi connectivity index (χ4v) is 2.69. The highest BCUT2D eigenvalue weighted by molar-refractivity contribution is 5.82. The molecule has 0 fully saturated rings. The second-order valence-electron chi connectivity index (χ2n) is 5.42. The van der Waals surface area contributed by atoms with Crippen LogP contribution < -0.4 is 14.8 Å². The van der Waals surface area contributed by atoms with Gasteiger partial charge in [0.2, 0.25) is 5.91 Å². The lowest BCUT2D eigenvalue weighted by atomic mass is 10.0. The molecule has 0 saturated carbocycles. The molecule has 2 N–H and O–H groups in total. The first-order valence-corrected chi connectivity index (χ1v) is 7.48. The first-order valence-electron chi connectivity index (χ1n) is 7.48. The molecule has 0 saturated heterocycles. The van der Waals surface area contributed by atoms with Gasteiger partial charge >= 0.3 is 5.97 Å². The van der Waals surface area contributed by atoms with Gasteiger partial charge in [0.15, 0.2) is 11.5 Å². The molecule has 7 heteroatoms. The van der Waals surface area contributed by atoms with Gasteiger partial charge in [-0.05, 0) is 36.1 Å². The van der Waals surface area contributed by atoms with Crippen molar-refractivity contribution in [3.8, 4) is 11.5 Å². The van der Waals surface area contributed by atoms with Gasteiger partial charge in [-0.25, -0.2) is 0 Å². The molecular formula is C16H22N2O5. The van der Waals surface area contributed by atoms with Gasteiger partial charge in [-0.1, -0.05) is 0 Å². The van der Waals surface area contributed by atoms with E-state index in [0.29, 0.717) is 11.5 Å². The van der Waals surface area contributed by atoms with Gasteiger partial charge in [0.05, 0.1) is 20.8 Å². The largest absolute Gasteiger partial charge is 0.493 e. The number of rotatable bonds is 6. The summed E-state index contributed by atoms with van der Waals surface area (Å²) in [5.41, 5.74) is 2.38. The van der Waals surface area contributed by atoms with Crippen molar-refractivity contribution in [1.82, 2.24) is 10.2 Å². The third-order valence-corrected chi connectivity index (χ3v) is 3.90. The van der Waals surface area contributed by atoms with Crippen LogP contribution in [-0.2, 0) is 22.4 Å². The quantitative estimate of drug-likeness (QED) is 0.783. The second-order valence-corrected chi connectivity index (χ2v) is 5.42. The van der Waals surface area contributed by atoms with Crippen LogP contribution in [0.5, 0.6) is 11.5 Å². The molecule has 2 rings (SSSR count). The molecule has 0 spiro atoms. The zero-order valence-corrected chi connectivity index (χ0v) is 13.4. The summed E-state index contributed by atoms with van der Waals surface area (Å²) in [6.07, 6.45) is 1.61. The van der Waals surface area contributed by atoms with Gasteiger partial charge in [-0.3, -0.25) is 14.5 Å². The summed E-state index contributed by atoms with van der Waals surface area (Å²) in [7, 11) is 3.22. The first-order chi connectivity index (χ1) is 11.0. The number of carbonyl (C=O) groups excluding carboxylic acids is 1. The molecule has 1 amide bonds. The third-order valence-electron chi connectivity index (χ3n) is 3.90. The Morgan fingerprint density at radius 1 is 1.13 bits per heavy atom. The SMILES string of the molecule is COc1cc2c(cc1OC)CCN(CC(=O)NCC(=O)O)CC2. The van der Waals surface area contributed by atoms with Crippen LogP contribution >= 0.6 is 0 Å². The molecule has 0 atom stereocenters. The van der Waals surface area contributed by atoms with Crippen LogP contribution in [0.4, 0.5) is 0 Å². The Morgan fingerprint density at radius 2 is 1.65 bits per heavy atom. The summed E-state index contributed by atoms with van der Waals surface area (Å²) in [6.45, 7) is 1.34. The van der Waals surface area contributed by atoms with Crippen LogP contribution in [0.15, 0.2) is 12.1 Å². The summed E-state index contributed by atoms with van der Waals surface area (Å²) in [5.74, 6) is 0.104. The number of fused-ring (bicyclic) bond motifs is 1. The Hall–Kier alpha value is -2.28. The number of hydrogen-bond acceptors (Lipinski definition) is 5. The molecule has 23 heavy (non-hydrogen) atoms. The Labute approximate surface area is 135 Å². The minimum absolute atomic E-state index is 0.204. The molecule has 1 aliphatic rings.